The number of aromatic nitrogens is 1. The summed E-state index contributed by atoms with van der Waals surface area (Å²) >= 11 is 1.37. The molecule has 2 aromatic carbocycles. The molecule has 0 bridgehead atoms. The molecule has 1 unspecified atom stereocenters. The number of sulfonamides is 1. The second kappa shape index (κ2) is 11.0. The summed E-state index contributed by atoms with van der Waals surface area (Å²) in [5.74, 6) is 0. The molecule has 1 atom stereocenters. The zero-order valence-corrected chi connectivity index (χ0v) is 21.3. The lowest BCUT2D eigenvalue weighted by molar-refractivity contribution is 0.262. The average molecular weight is 509 g/mol. The molecule has 0 saturated heterocycles. The molecule has 1 aliphatic heterocycles. The molecular formula is C26H28N4O3S2. The highest BCUT2D eigenvalue weighted by atomic mass is 32.3. The fourth-order valence-electron chi connectivity index (χ4n) is 3.79. The van der Waals surface area contributed by atoms with Gasteiger partial charge in [-0.1, -0.05) is 31.2 Å². The first-order valence-corrected chi connectivity index (χ1v) is 13.8. The number of hydrogen-bond donors (Lipinski definition) is 2. The number of nitrogens with zero attached hydrogens (tertiary/aromatic N) is 2. The molecule has 2 N–H and O–H groups in total. The maximum absolute atomic E-state index is 13.6. The van der Waals surface area contributed by atoms with Gasteiger partial charge in [0.25, 0.3) is 0 Å². The summed E-state index contributed by atoms with van der Waals surface area (Å²) in [7, 11) is -3.62. The number of amides is 2. The number of aryl methyl sites for hydroxylation is 1. The van der Waals surface area contributed by atoms with Gasteiger partial charge in [0.1, 0.15) is 4.58 Å². The number of anilines is 3. The molecule has 0 fully saturated rings. The van der Waals surface area contributed by atoms with Crippen LogP contribution in [0.3, 0.4) is 0 Å². The van der Waals surface area contributed by atoms with Gasteiger partial charge in [-0.15, -0.1) is 11.8 Å². The van der Waals surface area contributed by atoms with Crippen molar-refractivity contribution in [3.8, 4) is 0 Å². The summed E-state index contributed by atoms with van der Waals surface area (Å²) in [4.78, 5) is 17.4. The van der Waals surface area contributed by atoms with Gasteiger partial charge in [0.2, 0.25) is 10.0 Å². The third kappa shape index (κ3) is 5.86. The number of benzene rings is 2. The molecule has 2 amide bonds. The van der Waals surface area contributed by atoms with Gasteiger partial charge in [-0.3, -0.25) is 9.29 Å². The molecule has 1 aliphatic rings. The lowest BCUT2D eigenvalue weighted by atomic mass is 10.1. The highest BCUT2D eigenvalue weighted by Crippen LogP contribution is 2.44. The largest absolute Gasteiger partial charge is 0.323 e. The van der Waals surface area contributed by atoms with Crippen LogP contribution in [0, 0.1) is 6.92 Å². The fraction of sp³-hybridized carbons (Fsp3) is 0.231. The van der Waals surface area contributed by atoms with Crippen LogP contribution in [-0.2, 0) is 10.0 Å². The summed E-state index contributed by atoms with van der Waals surface area (Å²) in [5, 5.41) is 5.54. The molecule has 0 aliphatic carbocycles. The van der Waals surface area contributed by atoms with E-state index in [9.17, 15) is 13.2 Å². The van der Waals surface area contributed by atoms with Crippen molar-refractivity contribution in [3.63, 3.8) is 0 Å². The number of carbonyl (C=O) groups is 1. The van der Waals surface area contributed by atoms with Crippen molar-refractivity contribution in [3.05, 3.63) is 90.3 Å². The third-order valence-corrected chi connectivity index (χ3v) is 9.55. The van der Waals surface area contributed by atoms with E-state index in [-0.39, 0.29) is 6.03 Å². The summed E-state index contributed by atoms with van der Waals surface area (Å²) in [5.41, 5.74) is 3.88. The Hall–Kier alpha value is -3.30. The van der Waals surface area contributed by atoms with E-state index in [0.717, 1.165) is 16.0 Å². The van der Waals surface area contributed by atoms with Gasteiger partial charge in [-0.05, 0) is 67.8 Å². The zero-order chi connectivity index (χ0) is 24.8. The first kappa shape index (κ1) is 24.8. The van der Waals surface area contributed by atoms with Gasteiger partial charge in [-0.2, -0.15) is 0 Å². The third-order valence-electron chi connectivity index (χ3n) is 5.57. The summed E-state index contributed by atoms with van der Waals surface area (Å²) in [6.45, 7) is 4.33. The van der Waals surface area contributed by atoms with E-state index in [4.69, 9.17) is 0 Å². The predicted molar refractivity (Wildman–Crippen MR) is 145 cm³/mol. The monoisotopic (exact) mass is 508 g/mol. The maximum atomic E-state index is 13.6. The van der Waals surface area contributed by atoms with Crippen LogP contribution in [0.25, 0.3) is 4.91 Å². The summed E-state index contributed by atoms with van der Waals surface area (Å²) in [6, 6.07) is 17.6. The number of rotatable bonds is 8. The van der Waals surface area contributed by atoms with E-state index in [0.29, 0.717) is 36.4 Å². The number of hydrogen-bond acceptors (Lipinski definition) is 5. The van der Waals surface area contributed by atoms with E-state index >= 15 is 0 Å². The Kier molecular flexibility index (Phi) is 7.77. The topological polar surface area (TPSA) is 91.4 Å². The average Bonchev–Trinajstić information content (AvgIpc) is 3.35. The van der Waals surface area contributed by atoms with E-state index in [1.807, 2.05) is 44.2 Å². The molecule has 2 heterocycles. The molecule has 1 aromatic heterocycles. The summed E-state index contributed by atoms with van der Waals surface area (Å²) in [6.07, 6.45) is 6.63. The standard InChI is InChI=1S/C26H28N4O3S2/c1-3-17-30(35(32,33)25-14-13-24(34-25)23-18-27-16-15-19(23)2)22-11-9-21(10-12-22)29-26(31)28-20-7-5-4-6-8-20/h4-13,15-16,18,25H,3,14,17H2,1-2H3,(H2,28,29,31). The highest BCUT2D eigenvalue weighted by molar-refractivity contribution is 8.19. The number of allylic oxidation sites excluding steroid dienone is 1. The molecule has 3 aromatic rings. The minimum atomic E-state index is -3.62. The van der Waals surface area contributed by atoms with Crippen LogP contribution in [0.2, 0.25) is 0 Å². The van der Waals surface area contributed by atoms with Crippen LogP contribution in [0.15, 0.2) is 79.1 Å². The first-order valence-electron chi connectivity index (χ1n) is 11.4. The molecule has 4 rings (SSSR count). The second-order valence-corrected chi connectivity index (χ2v) is 11.7. The first-order chi connectivity index (χ1) is 16.9. The highest BCUT2D eigenvalue weighted by Gasteiger charge is 2.36. The number of nitrogens with one attached hydrogen (secondary N) is 2. The van der Waals surface area contributed by atoms with Gasteiger partial charge in [0.15, 0.2) is 0 Å². The lowest BCUT2D eigenvalue weighted by Crippen LogP contribution is -2.37. The van der Waals surface area contributed by atoms with Crippen LogP contribution in [0.4, 0.5) is 21.9 Å². The minimum Gasteiger partial charge on any atom is -0.308 e. The Labute approximate surface area is 210 Å². The molecular weight excluding hydrogens is 480 g/mol. The fourth-order valence-corrected chi connectivity index (χ4v) is 7.39. The zero-order valence-electron chi connectivity index (χ0n) is 19.6. The van der Waals surface area contributed by atoms with Gasteiger partial charge < -0.3 is 10.6 Å². The smallest absolute Gasteiger partial charge is 0.308 e. The minimum absolute atomic E-state index is 0.367. The molecule has 35 heavy (non-hydrogen) atoms. The van der Waals surface area contributed by atoms with Crippen LogP contribution in [0.1, 0.15) is 30.9 Å². The molecule has 0 spiro atoms. The van der Waals surface area contributed by atoms with Crippen molar-refractivity contribution in [2.24, 2.45) is 0 Å². The van der Waals surface area contributed by atoms with E-state index in [1.165, 1.54) is 16.1 Å². The van der Waals surface area contributed by atoms with Gasteiger partial charge >= 0.3 is 6.03 Å². The number of carbonyl (C=O) groups excluding carboxylic acids is 1. The van der Waals surface area contributed by atoms with Crippen molar-refractivity contribution in [1.82, 2.24) is 4.98 Å². The quantitative estimate of drug-likeness (QED) is 0.385. The molecule has 182 valence electrons. The normalized spacial score (nSPS) is 15.4. The van der Waals surface area contributed by atoms with E-state index in [2.05, 4.69) is 15.6 Å². The Bertz CT molecular complexity index is 1310. The van der Waals surface area contributed by atoms with E-state index < -0.39 is 14.6 Å². The Balaban J connectivity index is 1.46. The van der Waals surface area contributed by atoms with Crippen molar-refractivity contribution in [2.75, 3.05) is 21.5 Å². The number of thioether (sulfide) groups is 1. The molecule has 7 nitrogen and oxygen atoms in total. The van der Waals surface area contributed by atoms with E-state index in [1.54, 1.807) is 48.8 Å². The maximum Gasteiger partial charge on any atom is 0.323 e. The van der Waals surface area contributed by atoms with Crippen molar-refractivity contribution in [2.45, 2.75) is 31.3 Å². The van der Waals surface area contributed by atoms with Gasteiger partial charge in [0.05, 0.1) is 5.69 Å². The van der Waals surface area contributed by atoms with Crippen molar-refractivity contribution >= 4 is 49.8 Å². The molecule has 0 saturated carbocycles. The second-order valence-electron chi connectivity index (χ2n) is 8.15. The number of para-hydroxylation sites is 1. The van der Waals surface area contributed by atoms with Crippen LogP contribution in [0.5, 0.6) is 0 Å². The lowest BCUT2D eigenvalue weighted by Gasteiger charge is -2.27. The predicted octanol–water partition coefficient (Wildman–Crippen LogP) is 6.08. The number of pyridine rings is 1. The Morgan fingerprint density at radius 2 is 1.74 bits per heavy atom. The molecule has 0 radical (unpaired) electrons. The number of urea groups is 1. The van der Waals surface area contributed by atoms with Crippen LogP contribution >= 0.6 is 11.8 Å². The summed E-state index contributed by atoms with van der Waals surface area (Å²) < 4.78 is 28.1. The van der Waals surface area contributed by atoms with Crippen LogP contribution < -0.4 is 14.9 Å². The SMILES string of the molecule is CCCN(c1ccc(NC(=O)Nc2ccccc2)cc1)S(=O)(=O)C1CC=C(c2cnccc2C)S1. The van der Waals surface area contributed by atoms with Gasteiger partial charge in [-0.25, -0.2) is 13.2 Å². The Morgan fingerprint density at radius 1 is 1.06 bits per heavy atom. The van der Waals surface area contributed by atoms with Crippen molar-refractivity contribution in [1.29, 1.82) is 0 Å². The Morgan fingerprint density at radius 3 is 2.40 bits per heavy atom. The molecule has 9 heteroatoms. The van der Waals surface area contributed by atoms with Gasteiger partial charge in [0, 0.05) is 40.8 Å². The van der Waals surface area contributed by atoms with Crippen molar-refractivity contribution < 1.29 is 13.2 Å². The van der Waals surface area contributed by atoms with Crippen LogP contribution in [-0.4, -0.2) is 30.6 Å².